The standard InChI is InChI=1S/C24H21BrF3N3O4/c1-3-5-14(2)31(22(32)19-9-7-15(25)13-30-19)20-10-8-16(12-17(20)23(33)34)35-21-18(24(26,27)28)6-4-11-29-21/h4,6-14H,3,5H2,1-2H3,(H,33,34). The summed E-state index contributed by atoms with van der Waals surface area (Å²) in [5.74, 6) is -2.78. The smallest absolute Gasteiger partial charge is 0.421 e. The summed E-state index contributed by atoms with van der Waals surface area (Å²) in [7, 11) is 0. The molecule has 7 nitrogen and oxygen atoms in total. The van der Waals surface area contributed by atoms with Crippen LogP contribution < -0.4 is 9.64 Å². The number of carbonyl (C=O) groups excluding carboxylic acids is 1. The molecule has 1 aromatic carbocycles. The number of aromatic carboxylic acids is 1. The average Bonchev–Trinajstić information content (AvgIpc) is 2.80. The maximum Gasteiger partial charge on any atom is 0.421 e. The number of halogens is 4. The predicted molar refractivity (Wildman–Crippen MR) is 126 cm³/mol. The van der Waals surface area contributed by atoms with Crippen molar-refractivity contribution in [2.24, 2.45) is 0 Å². The van der Waals surface area contributed by atoms with Crippen molar-refractivity contribution in [1.29, 1.82) is 0 Å². The van der Waals surface area contributed by atoms with Crippen LogP contribution in [-0.2, 0) is 6.18 Å². The van der Waals surface area contributed by atoms with Crippen molar-refractivity contribution in [3.05, 3.63) is 76.2 Å². The number of carbonyl (C=O) groups is 2. The van der Waals surface area contributed by atoms with Gasteiger partial charge in [-0.1, -0.05) is 13.3 Å². The number of rotatable bonds is 8. The minimum atomic E-state index is -4.71. The van der Waals surface area contributed by atoms with Gasteiger partial charge in [-0.15, -0.1) is 0 Å². The lowest BCUT2D eigenvalue weighted by atomic mass is 10.1. The fourth-order valence-corrected chi connectivity index (χ4v) is 3.71. The van der Waals surface area contributed by atoms with Crippen molar-refractivity contribution < 1.29 is 32.6 Å². The number of anilines is 1. The molecule has 11 heteroatoms. The number of aromatic nitrogens is 2. The molecule has 2 heterocycles. The maximum atomic E-state index is 13.4. The lowest BCUT2D eigenvalue weighted by molar-refractivity contribution is -0.138. The van der Waals surface area contributed by atoms with E-state index in [-0.39, 0.29) is 22.7 Å². The molecular formula is C24H21BrF3N3O4. The van der Waals surface area contributed by atoms with E-state index < -0.39 is 35.5 Å². The number of amides is 1. The fourth-order valence-electron chi connectivity index (χ4n) is 3.48. The Morgan fingerprint density at radius 1 is 1.17 bits per heavy atom. The summed E-state index contributed by atoms with van der Waals surface area (Å²) in [6.07, 6.45) is -0.828. The predicted octanol–water partition coefficient (Wildman–Crippen LogP) is 6.58. The molecule has 3 rings (SSSR count). The lowest BCUT2D eigenvalue weighted by Crippen LogP contribution is -2.40. The zero-order chi connectivity index (χ0) is 25.8. The summed E-state index contributed by atoms with van der Waals surface area (Å²) >= 11 is 3.26. The van der Waals surface area contributed by atoms with Crippen LogP contribution in [0.2, 0.25) is 0 Å². The van der Waals surface area contributed by atoms with E-state index in [1.807, 2.05) is 6.92 Å². The number of hydrogen-bond donors (Lipinski definition) is 1. The lowest BCUT2D eigenvalue weighted by Gasteiger charge is -2.30. The van der Waals surface area contributed by atoms with Crippen LogP contribution in [0, 0.1) is 0 Å². The Kier molecular flexibility index (Phi) is 8.11. The van der Waals surface area contributed by atoms with E-state index in [0.29, 0.717) is 10.9 Å². The molecule has 1 unspecified atom stereocenters. The molecule has 1 amide bonds. The highest BCUT2D eigenvalue weighted by molar-refractivity contribution is 9.10. The number of pyridine rings is 2. The van der Waals surface area contributed by atoms with Gasteiger partial charge in [0.05, 0.1) is 11.3 Å². The van der Waals surface area contributed by atoms with Crippen LogP contribution in [0.4, 0.5) is 18.9 Å². The Morgan fingerprint density at radius 3 is 2.51 bits per heavy atom. The van der Waals surface area contributed by atoms with Crippen LogP contribution in [0.3, 0.4) is 0 Å². The first kappa shape index (κ1) is 26.1. The van der Waals surface area contributed by atoms with Crippen molar-refractivity contribution in [1.82, 2.24) is 9.97 Å². The molecule has 0 saturated carbocycles. The molecule has 2 aromatic heterocycles. The van der Waals surface area contributed by atoms with Gasteiger partial charge < -0.3 is 14.7 Å². The third kappa shape index (κ3) is 6.16. The Bertz CT molecular complexity index is 1220. The van der Waals surface area contributed by atoms with E-state index in [1.54, 1.807) is 13.0 Å². The molecule has 1 atom stereocenters. The van der Waals surface area contributed by atoms with Crippen molar-refractivity contribution in [3.63, 3.8) is 0 Å². The van der Waals surface area contributed by atoms with E-state index >= 15 is 0 Å². The first-order valence-electron chi connectivity index (χ1n) is 10.6. The summed E-state index contributed by atoms with van der Waals surface area (Å²) < 4.78 is 45.9. The SMILES string of the molecule is CCCC(C)N(C(=O)c1ccc(Br)cn1)c1ccc(Oc2ncccc2C(F)(F)F)cc1C(=O)O. The van der Waals surface area contributed by atoms with Gasteiger partial charge in [0.25, 0.3) is 5.91 Å². The van der Waals surface area contributed by atoms with Gasteiger partial charge in [0.15, 0.2) is 0 Å². The summed E-state index contributed by atoms with van der Waals surface area (Å²) in [5.41, 5.74) is -1.25. The molecule has 0 saturated heterocycles. The molecule has 0 aliphatic carbocycles. The highest BCUT2D eigenvalue weighted by Gasteiger charge is 2.35. The number of nitrogens with zero attached hydrogens (tertiary/aromatic N) is 3. The quantitative estimate of drug-likeness (QED) is 0.339. The molecule has 184 valence electrons. The van der Waals surface area contributed by atoms with Gasteiger partial charge in [0.1, 0.15) is 17.0 Å². The minimum Gasteiger partial charge on any atom is -0.478 e. The van der Waals surface area contributed by atoms with Crippen molar-refractivity contribution in [2.75, 3.05) is 4.90 Å². The van der Waals surface area contributed by atoms with Crippen molar-refractivity contribution >= 4 is 33.5 Å². The summed E-state index contributed by atoms with van der Waals surface area (Å²) in [6.45, 7) is 3.71. The molecule has 1 N–H and O–H groups in total. The number of carboxylic acids is 1. The number of carboxylic acid groups (broad SMARTS) is 1. The van der Waals surface area contributed by atoms with Gasteiger partial charge in [-0.05, 0) is 71.7 Å². The Labute approximate surface area is 207 Å². The van der Waals surface area contributed by atoms with Crippen LogP contribution >= 0.6 is 15.9 Å². The van der Waals surface area contributed by atoms with Gasteiger partial charge in [0.2, 0.25) is 5.88 Å². The molecule has 0 radical (unpaired) electrons. The highest BCUT2D eigenvalue weighted by atomic mass is 79.9. The van der Waals surface area contributed by atoms with Crippen LogP contribution in [0.1, 0.15) is 53.1 Å². The van der Waals surface area contributed by atoms with Gasteiger partial charge in [-0.25, -0.2) is 14.8 Å². The first-order valence-corrected chi connectivity index (χ1v) is 11.3. The highest BCUT2D eigenvalue weighted by Crippen LogP contribution is 2.37. The maximum absolute atomic E-state index is 13.4. The number of hydrogen-bond acceptors (Lipinski definition) is 5. The average molecular weight is 552 g/mol. The Balaban J connectivity index is 2.06. The number of ether oxygens (including phenoxy) is 1. The molecule has 0 bridgehead atoms. The van der Waals surface area contributed by atoms with Gasteiger partial charge in [0, 0.05) is 22.9 Å². The van der Waals surface area contributed by atoms with E-state index in [0.717, 1.165) is 30.8 Å². The Morgan fingerprint density at radius 2 is 1.91 bits per heavy atom. The third-order valence-electron chi connectivity index (χ3n) is 5.06. The zero-order valence-corrected chi connectivity index (χ0v) is 20.3. The minimum absolute atomic E-state index is 0.0672. The second kappa shape index (κ2) is 10.9. The second-order valence-electron chi connectivity index (χ2n) is 7.61. The van der Waals surface area contributed by atoms with Gasteiger partial charge in [-0.3, -0.25) is 4.79 Å². The molecule has 0 aliphatic heterocycles. The van der Waals surface area contributed by atoms with E-state index in [9.17, 15) is 27.9 Å². The third-order valence-corrected chi connectivity index (χ3v) is 5.53. The van der Waals surface area contributed by atoms with E-state index in [4.69, 9.17) is 4.74 Å². The molecular weight excluding hydrogens is 531 g/mol. The van der Waals surface area contributed by atoms with Crippen molar-refractivity contribution in [3.8, 4) is 11.6 Å². The van der Waals surface area contributed by atoms with Gasteiger partial charge in [-0.2, -0.15) is 13.2 Å². The van der Waals surface area contributed by atoms with E-state index in [1.165, 1.54) is 29.3 Å². The second-order valence-corrected chi connectivity index (χ2v) is 8.53. The first-order chi connectivity index (χ1) is 16.5. The molecule has 0 spiro atoms. The number of alkyl halides is 3. The largest absolute Gasteiger partial charge is 0.478 e. The Hall–Kier alpha value is -3.47. The molecule has 0 aliphatic rings. The normalized spacial score (nSPS) is 12.2. The number of benzene rings is 1. The fraction of sp³-hybridized carbons (Fsp3) is 0.250. The summed E-state index contributed by atoms with van der Waals surface area (Å²) in [5, 5.41) is 9.88. The zero-order valence-electron chi connectivity index (χ0n) is 18.7. The monoisotopic (exact) mass is 551 g/mol. The molecule has 3 aromatic rings. The van der Waals surface area contributed by atoms with Crippen LogP contribution in [-0.4, -0.2) is 33.0 Å². The van der Waals surface area contributed by atoms with Crippen LogP contribution in [0.15, 0.2) is 59.3 Å². The van der Waals surface area contributed by atoms with Crippen molar-refractivity contribution in [2.45, 2.75) is 38.9 Å². The summed E-state index contributed by atoms with van der Waals surface area (Å²) in [6, 6.07) is 8.39. The molecule has 0 fully saturated rings. The van der Waals surface area contributed by atoms with Crippen LogP contribution in [0.25, 0.3) is 0 Å². The summed E-state index contributed by atoms with van der Waals surface area (Å²) in [4.78, 5) is 34.6. The topological polar surface area (TPSA) is 92.6 Å². The molecule has 35 heavy (non-hydrogen) atoms. The van der Waals surface area contributed by atoms with Gasteiger partial charge >= 0.3 is 12.1 Å². The van der Waals surface area contributed by atoms with Crippen LogP contribution in [0.5, 0.6) is 11.6 Å². The van der Waals surface area contributed by atoms with E-state index in [2.05, 4.69) is 25.9 Å².